The lowest BCUT2D eigenvalue weighted by atomic mass is 9.77. The molecule has 1 aliphatic carbocycles. The second kappa shape index (κ2) is 6.08. The van der Waals surface area contributed by atoms with Crippen LogP contribution in [0.15, 0.2) is 42.0 Å². The second-order valence-electron chi connectivity index (χ2n) is 8.57. The molecule has 1 aromatic rings. The molecule has 0 unspecified atom stereocenters. The molecule has 0 saturated heterocycles. The molecule has 0 atom stereocenters. The predicted molar refractivity (Wildman–Crippen MR) is 101 cm³/mol. The monoisotopic (exact) mass is 324 g/mol. The highest BCUT2D eigenvalue weighted by molar-refractivity contribution is 6.02. The Morgan fingerprint density at radius 2 is 1.25 bits per heavy atom. The topological polar surface area (TPSA) is 37.3 Å². The highest BCUT2D eigenvalue weighted by Crippen LogP contribution is 2.41. The molecule has 24 heavy (non-hydrogen) atoms. The fourth-order valence-electron chi connectivity index (χ4n) is 2.87. The van der Waals surface area contributed by atoms with Crippen molar-refractivity contribution in [1.29, 1.82) is 0 Å². The van der Waals surface area contributed by atoms with Gasteiger partial charge in [-0.15, -0.1) is 0 Å². The van der Waals surface area contributed by atoms with Crippen LogP contribution in [0.1, 0.15) is 65.2 Å². The maximum absolute atomic E-state index is 11.4. The van der Waals surface area contributed by atoms with Gasteiger partial charge in [-0.05, 0) is 58.7 Å². The Kier molecular flexibility index (Phi) is 4.63. The summed E-state index contributed by atoms with van der Waals surface area (Å²) in [5, 5.41) is 10.8. The molecule has 1 N–H and O–H groups in total. The van der Waals surface area contributed by atoms with Gasteiger partial charge in [-0.25, -0.2) is 0 Å². The number of rotatable bonds is 1. The molecule has 1 aromatic carbocycles. The molecule has 2 heteroatoms. The summed E-state index contributed by atoms with van der Waals surface area (Å²) in [5.74, 6) is 0.407. The Bertz CT molecular complexity index is 707. The Hall–Kier alpha value is -2.09. The van der Waals surface area contributed by atoms with Crippen molar-refractivity contribution in [2.75, 3.05) is 0 Å². The zero-order valence-corrected chi connectivity index (χ0v) is 15.8. The van der Waals surface area contributed by atoms with Crippen molar-refractivity contribution in [2.24, 2.45) is 0 Å². The number of benzene rings is 1. The molecule has 0 radical (unpaired) electrons. The quantitative estimate of drug-likeness (QED) is 0.745. The summed E-state index contributed by atoms with van der Waals surface area (Å²) >= 11 is 0. The van der Waals surface area contributed by atoms with Crippen molar-refractivity contribution < 1.29 is 9.90 Å². The zero-order chi connectivity index (χ0) is 18.3. The smallest absolute Gasteiger partial charge is 0.178 e. The second-order valence-corrected chi connectivity index (χ2v) is 8.57. The first-order valence-electron chi connectivity index (χ1n) is 8.40. The normalized spacial score (nSPS) is 15.1. The van der Waals surface area contributed by atoms with Gasteiger partial charge in [0.15, 0.2) is 5.78 Å². The Morgan fingerprint density at radius 1 is 0.833 bits per heavy atom. The van der Waals surface area contributed by atoms with Crippen molar-refractivity contribution >= 4 is 11.4 Å². The molecular formula is C22H28O2. The SMILES string of the molecule is CC(=C1C=CC(=O)C=C1)c1cc(C(C)(C)C)c(O)c(C(C)(C)C)c1. The van der Waals surface area contributed by atoms with Crippen molar-refractivity contribution in [1.82, 2.24) is 0 Å². The largest absolute Gasteiger partial charge is 0.507 e. The minimum atomic E-state index is -0.154. The van der Waals surface area contributed by atoms with E-state index in [1.165, 1.54) is 0 Å². The molecule has 2 rings (SSSR count). The first-order chi connectivity index (χ1) is 10.9. The van der Waals surface area contributed by atoms with E-state index in [1.807, 2.05) is 12.2 Å². The summed E-state index contributed by atoms with van der Waals surface area (Å²) < 4.78 is 0. The number of phenols is 1. The first-order valence-corrected chi connectivity index (χ1v) is 8.40. The maximum atomic E-state index is 11.4. The Labute approximate surface area is 145 Å². The molecule has 1 aliphatic rings. The van der Waals surface area contributed by atoms with E-state index >= 15 is 0 Å². The van der Waals surface area contributed by atoms with Gasteiger partial charge in [-0.2, -0.15) is 0 Å². The number of aromatic hydroxyl groups is 1. The number of hydrogen-bond acceptors (Lipinski definition) is 2. The summed E-state index contributed by atoms with van der Waals surface area (Å²) in [6.07, 6.45) is 6.90. The minimum absolute atomic E-state index is 0.0167. The first kappa shape index (κ1) is 18.3. The van der Waals surface area contributed by atoms with Crippen molar-refractivity contribution in [2.45, 2.75) is 59.3 Å². The van der Waals surface area contributed by atoms with E-state index in [1.54, 1.807) is 12.2 Å². The van der Waals surface area contributed by atoms with Gasteiger partial charge in [0, 0.05) is 11.1 Å². The van der Waals surface area contributed by atoms with Crippen LogP contribution in [0.5, 0.6) is 5.75 Å². The summed E-state index contributed by atoms with van der Waals surface area (Å²) in [7, 11) is 0. The molecule has 0 fully saturated rings. The van der Waals surface area contributed by atoms with Crippen LogP contribution < -0.4 is 0 Å². The minimum Gasteiger partial charge on any atom is -0.507 e. The van der Waals surface area contributed by atoms with E-state index < -0.39 is 0 Å². The Morgan fingerprint density at radius 3 is 1.62 bits per heavy atom. The van der Waals surface area contributed by atoms with Gasteiger partial charge in [0.05, 0.1) is 0 Å². The van der Waals surface area contributed by atoms with Gasteiger partial charge >= 0.3 is 0 Å². The highest BCUT2D eigenvalue weighted by Gasteiger charge is 2.27. The number of hydrogen-bond donors (Lipinski definition) is 1. The fourth-order valence-corrected chi connectivity index (χ4v) is 2.87. The summed E-state index contributed by atoms with van der Waals surface area (Å²) in [6, 6.07) is 4.15. The lowest BCUT2D eigenvalue weighted by Gasteiger charge is -2.28. The third-order valence-corrected chi connectivity index (χ3v) is 4.45. The van der Waals surface area contributed by atoms with Crippen molar-refractivity contribution in [3.05, 3.63) is 58.7 Å². The number of allylic oxidation sites excluding steroid dienone is 6. The Balaban J connectivity index is 2.72. The number of carbonyl (C=O) groups excluding carboxylic acids is 1. The molecule has 0 heterocycles. The van der Waals surface area contributed by atoms with Gasteiger partial charge < -0.3 is 5.11 Å². The average Bonchev–Trinajstić information content (AvgIpc) is 2.45. The van der Waals surface area contributed by atoms with Gasteiger partial charge in [0.25, 0.3) is 0 Å². The molecule has 0 bridgehead atoms. The van der Waals surface area contributed by atoms with E-state index in [4.69, 9.17) is 0 Å². The molecule has 2 nitrogen and oxygen atoms in total. The average molecular weight is 324 g/mol. The van der Waals surface area contributed by atoms with Crippen LogP contribution >= 0.6 is 0 Å². The van der Waals surface area contributed by atoms with Crippen LogP contribution in [-0.2, 0) is 15.6 Å². The lowest BCUT2D eigenvalue weighted by molar-refractivity contribution is -0.110. The molecule has 128 valence electrons. The van der Waals surface area contributed by atoms with E-state index in [-0.39, 0.29) is 16.6 Å². The maximum Gasteiger partial charge on any atom is 0.178 e. The summed E-state index contributed by atoms with van der Waals surface area (Å²) in [4.78, 5) is 11.4. The molecule has 0 aliphatic heterocycles. The van der Waals surface area contributed by atoms with Crippen LogP contribution in [0.4, 0.5) is 0 Å². The highest BCUT2D eigenvalue weighted by atomic mass is 16.3. The third-order valence-electron chi connectivity index (χ3n) is 4.45. The fraction of sp³-hybridized carbons (Fsp3) is 0.409. The van der Waals surface area contributed by atoms with Crippen molar-refractivity contribution in [3.8, 4) is 5.75 Å². The number of phenolic OH excluding ortho intramolecular Hbond substituents is 1. The zero-order valence-electron chi connectivity index (χ0n) is 15.8. The van der Waals surface area contributed by atoms with Crippen molar-refractivity contribution in [3.63, 3.8) is 0 Å². The molecule has 0 amide bonds. The summed E-state index contributed by atoms with van der Waals surface area (Å²) in [5.41, 5.74) is 4.81. The van der Waals surface area contributed by atoms with Gasteiger partial charge in [0.2, 0.25) is 0 Å². The molecule has 0 spiro atoms. The van der Waals surface area contributed by atoms with Gasteiger partial charge in [-0.1, -0.05) is 53.7 Å². The van der Waals surface area contributed by atoms with Crippen LogP contribution in [-0.4, -0.2) is 10.9 Å². The van der Waals surface area contributed by atoms with E-state index in [2.05, 4.69) is 60.6 Å². The third kappa shape index (κ3) is 3.69. The summed E-state index contributed by atoms with van der Waals surface area (Å²) in [6.45, 7) is 14.7. The lowest BCUT2D eigenvalue weighted by Crippen LogP contribution is -2.17. The number of carbonyl (C=O) groups is 1. The van der Waals surface area contributed by atoms with E-state index in [0.717, 1.165) is 27.8 Å². The molecular weight excluding hydrogens is 296 g/mol. The molecule has 0 saturated carbocycles. The number of ketones is 1. The van der Waals surface area contributed by atoms with Crippen LogP contribution in [0, 0.1) is 0 Å². The van der Waals surface area contributed by atoms with Crippen LogP contribution in [0.25, 0.3) is 5.57 Å². The van der Waals surface area contributed by atoms with E-state index in [0.29, 0.717) is 5.75 Å². The van der Waals surface area contributed by atoms with Crippen LogP contribution in [0.2, 0.25) is 0 Å². The molecule has 0 aromatic heterocycles. The standard InChI is InChI=1S/C22H28O2/c1-14(15-8-10-17(23)11-9-15)16-12-18(21(2,3)4)20(24)19(13-16)22(5,6)7/h8-13,24H,1-7H3. The van der Waals surface area contributed by atoms with Gasteiger partial charge in [-0.3, -0.25) is 4.79 Å². The van der Waals surface area contributed by atoms with E-state index in [9.17, 15) is 9.90 Å². The van der Waals surface area contributed by atoms with Gasteiger partial charge in [0.1, 0.15) is 5.75 Å². The van der Waals surface area contributed by atoms with Crippen LogP contribution in [0.3, 0.4) is 0 Å². The predicted octanol–water partition coefficient (Wildman–Crippen LogP) is 5.46.